The second-order valence-corrected chi connectivity index (χ2v) is 6.91. The summed E-state index contributed by atoms with van der Waals surface area (Å²) in [6.07, 6.45) is 0. The Morgan fingerprint density at radius 1 is 1.07 bits per heavy atom. The molecule has 0 bridgehead atoms. The first-order valence-corrected chi connectivity index (χ1v) is 9.26. The number of carbonyl (C=O) groups excluding carboxylic acids is 2. The van der Waals surface area contributed by atoms with Crippen LogP contribution in [-0.4, -0.2) is 27.7 Å². The number of hydrogen-bond acceptors (Lipinski definition) is 6. The van der Waals surface area contributed by atoms with Crippen LogP contribution in [0.25, 0.3) is 11.4 Å². The van der Waals surface area contributed by atoms with Crippen molar-refractivity contribution < 1.29 is 14.1 Å². The molecule has 1 aromatic heterocycles. The Morgan fingerprint density at radius 2 is 1.78 bits per heavy atom. The lowest BCUT2D eigenvalue weighted by atomic mass is 10.1. The number of rotatable bonds is 5. The monoisotopic (exact) mass is 402 g/mol. The Labute approximate surface area is 164 Å². The van der Waals surface area contributed by atoms with Gasteiger partial charge in [-0.1, -0.05) is 58.3 Å². The molecular weight excluding hydrogens is 388 g/mol. The number of aryl methyl sites for hydroxylation is 1. The molecule has 27 heavy (non-hydrogen) atoms. The first kappa shape index (κ1) is 18.9. The fourth-order valence-corrected chi connectivity index (χ4v) is 2.75. The van der Waals surface area contributed by atoms with E-state index in [-0.39, 0.29) is 11.0 Å². The highest BCUT2D eigenvalue weighted by Crippen LogP contribution is 2.21. The summed E-state index contributed by atoms with van der Waals surface area (Å²) in [5, 5.41) is 4.69. The van der Waals surface area contributed by atoms with Crippen LogP contribution in [0.5, 0.6) is 0 Å². The third-order valence-corrected chi connectivity index (χ3v) is 4.54. The lowest BCUT2D eigenvalue weighted by Gasteiger charge is -2.06. The van der Waals surface area contributed by atoms with E-state index in [9.17, 15) is 9.59 Å². The van der Waals surface area contributed by atoms with Gasteiger partial charge in [0.15, 0.2) is 0 Å². The minimum Gasteiger partial charge on any atom is -0.327 e. The number of amides is 2. The van der Waals surface area contributed by atoms with Gasteiger partial charge >= 0.3 is 0 Å². The number of hydrazine groups is 1. The van der Waals surface area contributed by atoms with Crippen LogP contribution in [0.3, 0.4) is 0 Å². The molecule has 2 N–H and O–H groups in total. The van der Waals surface area contributed by atoms with E-state index >= 15 is 0 Å². The molecule has 0 saturated carbocycles. The number of benzene rings is 2. The van der Waals surface area contributed by atoms with Gasteiger partial charge in [-0.3, -0.25) is 20.4 Å². The maximum atomic E-state index is 11.9. The van der Waals surface area contributed by atoms with E-state index in [0.717, 1.165) is 22.9 Å². The molecule has 0 aliphatic rings. The van der Waals surface area contributed by atoms with Gasteiger partial charge in [0.2, 0.25) is 11.7 Å². The molecule has 9 heteroatoms. The molecule has 1 heterocycles. The number of aromatic nitrogens is 2. The standard InChI is InChI=1S/C18H15ClN4O3S/c1-11-2-4-12(5-3-11)16-20-18(26-23-16)27-10-15(24)21-22-17(25)13-6-8-14(19)9-7-13/h2-9H,10H2,1H3,(H,21,24)(H,22,25). The summed E-state index contributed by atoms with van der Waals surface area (Å²) in [6, 6.07) is 14.0. The van der Waals surface area contributed by atoms with Gasteiger partial charge in [0.05, 0.1) is 5.75 Å². The number of thioether (sulfide) groups is 1. The Bertz CT molecular complexity index is 942. The molecule has 2 aromatic carbocycles. The van der Waals surface area contributed by atoms with Crippen LogP contribution in [0.2, 0.25) is 5.02 Å². The highest BCUT2D eigenvalue weighted by Gasteiger charge is 2.12. The molecule has 3 rings (SSSR count). The summed E-state index contributed by atoms with van der Waals surface area (Å²) in [4.78, 5) is 28.0. The molecule has 2 amide bonds. The molecule has 0 spiro atoms. The average Bonchev–Trinajstić information content (AvgIpc) is 3.14. The average molecular weight is 403 g/mol. The van der Waals surface area contributed by atoms with E-state index in [1.54, 1.807) is 24.3 Å². The molecule has 0 radical (unpaired) electrons. The molecule has 7 nitrogen and oxygen atoms in total. The predicted molar refractivity (Wildman–Crippen MR) is 102 cm³/mol. The quantitative estimate of drug-likeness (QED) is 0.502. The van der Waals surface area contributed by atoms with Crippen LogP contribution in [-0.2, 0) is 4.79 Å². The Morgan fingerprint density at radius 3 is 2.48 bits per heavy atom. The van der Waals surface area contributed by atoms with E-state index in [4.69, 9.17) is 16.1 Å². The van der Waals surface area contributed by atoms with E-state index in [0.29, 0.717) is 16.4 Å². The maximum Gasteiger partial charge on any atom is 0.286 e. The van der Waals surface area contributed by atoms with Crippen molar-refractivity contribution in [1.82, 2.24) is 21.0 Å². The molecule has 0 aliphatic heterocycles. The van der Waals surface area contributed by atoms with Crippen molar-refractivity contribution in [2.24, 2.45) is 0 Å². The first-order chi connectivity index (χ1) is 13.0. The van der Waals surface area contributed by atoms with Crippen molar-refractivity contribution in [2.45, 2.75) is 12.1 Å². The minimum absolute atomic E-state index is 0.0103. The molecule has 0 saturated heterocycles. The summed E-state index contributed by atoms with van der Waals surface area (Å²) in [7, 11) is 0. The zero-order chi connectivity index (χ0) is 19.2. The van der Waals surface area contributed by atoms with Crippen molar-refractivity contribution in [3.8, 4) is 11.4 Å². The lowest BCUT2D eigenvalue weighted by Crippen LogP contribution is -2.42. The van der Waals surface area contributed by atoms with Crippen LogP contribution in [0.1, 0.15) is 15.9 Å². The van der Waals surface area contributed by atoms with Gasteiger partial charge < -0.3 is 4.52 Å². The number of carbonyl (C=O) groups is 2. The van der Waals surface area contributed by atoms with Crippen molar-refractivity contribution >= 4 is 35.2 Å². The van der Waals surface area contributed by atoms with Crippen molar-refractivity contribution in [3.05, 3.63) is 64.7 Å². The Hall–Kier alpha value is -2.84. The summed E-state index contributed by atoms with van der Waals surface area (Å²) in [5.74, 6) is -0.382. The molecule has 0 unspecified atom stereocenters. The molecule has 0 aliphatic carbocycles. The van der Waals surface area contributed by atoms with Crippen molar-refractivity contribution in [2.75, 3.05) is 5.75 Å². The minimum atomic E-state index is -0.440. The van der Waals surface area contributed by atoms with Gasteiger partial charge in [0.25, 0.3) is 11.1 Å². The SMILES string of the molecule is Cc1ccc(-c2noc(SCC(=O)NNC(=O)c3ccc(Cl)cc3)n2)cc1. The highest BCUT2D eigenvalue weighted by molar-refractivity contribution is 7.99. The molecular formula is C18H15ClN4O3S. The largest absolute Gasteiger partial charge is 0.327 e. The lowest BCUT2D eigenvalue weighted by molar-refractivity contribution is -0.119. The predicted octanol–water partition coefficient (Wildman–Crippen LogP) is 3.25. The number of nitrogens with zero attached hydrogens (tertiary/aromatic N) is 2. The summed E-state index contributed by atoms with van der Waals surface area (Å²) >= 11 is 6.84. The fourth-order valence-electron chi connectivity index (χ4n) is 2.05. The summed E-state index contributed by atoms with van der Waals surface area (Å²) < 4.78 is 5.13. The van der Waals surface area contributed by atoms with Crippen molar-refractivity contribution in [1.29, 1.82) is 0 Å². The van der Waals surface area contributed by atoms with Gasteiger partial charge in [-0.25, -0.2) is 0 Å². The first-order valence-electron chi connectivity index (χ1n) is 7.89. The topological polar surface area (TPSA) is 97.1 Å². The Balaban J connectivity index is 1.47. The van der Waals surface area contributed by atoms with Gasteiger partial charge in [0, 0.05) is 16.1 Å². The highest BCUT2D eigenvalue weighted by atomic mass is 35.5. The Kier molecular flexibility index (Phi) is 6.10. The molecule has 0 atom stereocenters. The van der Waals surface area contributed by atoms with E-state index in [1.807, 2.05) is 31.2 Å². The van der Waals surface area contributed by atoms with Gasteiger partial charge in [-0.15, -0.1) is 0 Å². The second-order valence-electron chi connectivity index (χ2n) is 5.55. The van der Waals surface area contributed by atoms with E-state index < -0.39 is 11.8 Å². The summed E-state index contributed by atoms with van der Waals surface area (Å²) in [5.41, 5.74) is 7.00. The van der Waals surface area contributed by atoms with Gasteiger partial charge in [-0.2, -0.15) is 4.98 Å². The van der Waals surface area contributed by atoms with Gasteiger partial charge in [0.1, 0.15) is 0 Å². The van der Waals surface area contributed by atoms with Crippen LogP contribution < -0.4 is 10.9 Å². The number of nitrogens with one attached hydrogen (secondary N) is 2. The second kappa shape index (κ2) is 8.70. The zero-order valence-electron chi connectivity index (χ0n) is 14.2. The third kappa shape index (κ3) is 5.32. The van der Waals surface area contributed by atoms with Crippen LogP contribution in [0.4, 0.5) is 0 Å². The number of halogens is 1. The third-order valence-electron chi connectivity index (χ3n) is 3.47. The van der Waals surface area contributed by atoms with Crippen molar-refractivity contribution in [3.63, 3.8) is 0 Å². The van der Waals surface area contributed by atoms with Crippen LogP contribution >= 0.6 is 23.4 Å². The van der Waals surface area contributed by atoms with Crippen LogP contribution in [0.15, 0.2) is 58.3 Å². The maximum absolute atomic E-state index is 11.9. The van der Waals surface area contributed by atoms with Gasteiger partial charge in [-0.05, 0) is 31.2 Å². The molecule has 0 fully saturated rings. The fraction of sp³-hybridized carbons (Fsp3) is 0.111. The smallest absolute Gasteiger partial charge is 0.286 e. The zero-order valence-corrected chi connectivity index (χ0v) is 15.8. The number of hydrogen-bond donors (Lipinski definition) is 2. The van der Waals surface area contributed by atoms with E-state index in [1.165, 1.54) is 0 Å². The normalized spacial score (nSPS) is 10.4. The van der Waals surface area contributed by atoms with E-state index in [2.05, 4.69) is 21.0 Å². The molecule has 138 valence electrons. The summed E-state index contributed by atoms with van der Waals surface area (Å²) in [6.45, 7) is 1.99. The van der Waals surface area contributed by atoms with Crippen LogP contribution in [0, 0.1) is 6.92 Å². The molecule has 3 aromatic rings.